The van der Waals surface area contributed by atoms with Crippen LogP contribution in [0.15, 0.2) is 36.0 Å². The topological polar surface area (TPSA) is 76.2 Å². The van der Waals surface area contributed by atoms with Gasteiger partial charge in [0.1, 0.15) is 13.2 Å². The highest BCUT2D eigenvalue weighted by molar-refractivity contribution is 5.99. The maximum Gasteiger partial charge on any atom is 0.255 e. The summed E-state index contributed by atoms with van der Waals surface area (Å²) in [4.78, 5) is 12.6. The lowest BCUT2D eigenvalue weighted by Crippen LogP contribution is -2.25. The van der Waals surface area contributed by atoms with E-state index >= 15 is 0 Å². The summed E-state index contributed by atoms with van der Waals surface area (Å²) >= 11 is 0. The molecule has 2 heterocycles. The molecule has 4 rings (SSSR count). The molecular formula is C20H23N3O3. The molecule has 1 amide bonds. The van der Waals surface area contributed by atoms with Crippen LogP contribution in [0.25, 0.3) is 11.3 Å². The van der Waals surface area contributed by atoms with Gasteiger partial charge in [-0.05, 0) is 50.3 Å². The molecule has 2 aromatic rings. The zero-order chi connectivity index (χ0) is 17.8. The number of nitrogens with zero attached hydrogens (tertiary/aromatic N) is 1. The monoisotopic (exact) mass is 353 g/mol. The minimum Gasteiger partial charge on any atom is -0.486 e. The Kier molecular flexibility index (Phi) is 4.91. The molecule has 0 atom stereocenters. The van der Waals surface area contributed by atoms with Crippen molar-refractivity contribution in [3.63, 3.8) is 0 Å². The number of carbonyl (C=O) groups excluding carboxylic acids is 1. The van der Waals surface area contributed by atoms with Gasteiger partial charge in [0.2, 0.25) is 0 Å². The lowest BCUT2D eigenvalue weighted by atomic mass is 9.97. The molecule has 0 spiro atoms. The van der Waals surface area contributed by atoms with Gasteiger partial charge in [-0.1, -0.05) is 11.6 Å². The molecule has 0 saturated heterocycles. The average Bonchev–Trinajstić information content (AvgIpc) is 3.18. The lowest BCUT2D eigenvalue weighted by molar-refractivity contribution is 0.0954. The zero-order valence-electron chi connectivity index (χ0n) is 14.7. The second-order valence-electron chi connectivity index (χ2n) is 6.63. The Balaban J connectivity index is 1.44. The Bertz CT molecular complexity index is 825. The third-order valence-corrected chi connectivity index (χ3v) is 4.83. The summed E-state index contributed by atoms with van der Waals surface area (Å²) in [5.41, 5.74) is 3.54. The molecule has 1 aliphatic carbocycles. The lowest BCUT2D eigenvalue weighted by Gasteiger charge is -2.18. The molecule has 0 bridgehead atoms. The summed E-state index contributed by atoms with van der Waals surface area (Å²) < 4.78 is 11.2. The van der Waals surface area contributed by atoms with E-state index in [1.165, 1.54) is 24.8 Å². The van der Waals surface area contributed by atoms with Crippen molar-refractivity contribution in [3.05, 3.63) is 41.6 Å². The van der Waals surface area contributed by atoms with Crippen molar-refractivity contribution in [1.82, 2.24) is 15.5 Å². The highest BCUT2D eigenvalue weighted by atomic mass is 16.6. The van der Waals surface area contributed by atoms with Gasteiger partial charge in [0, 0.05) is 12.1 Å². The van der Waals surface area contributed by atoms with Gasteiger partial charge in [-0.15, -0.1) is 0 Å². The van der Waals surface area contributed by atoms with E-state index in [9.17, 15) is 4.79 Å². The van der Waals surface area contributed by atoms with Crippen molar-refractivity contribution in [1.29, 1.82) is 0 Å². The largest absolute Gasteiger partial charge is 0.486 e. The van der Waals surface area contributed by atoms with E-state index in [2.05, 4.69) is 21.6 Å². The van der Waals surface area contributed by atoms with Crippen molar-refractivity contribution in [3.8, 4) is 22.8 Å². The van der Waals surface area contributed by atoms with Crippen LogP contribution in [0, 0.1) is 0 Å². The fourth-order valence-corrected chi connectivity index (χ4v) is 3.44. The highest BCUT2D eigenvalue weighted by Crippen LogP contribution is 2.34. The summed E-state index contributed by atoms with van der Waals surface area (Å²) in [7, 11) is 0. The molecular weight excluding hydrogens is 330 g/mol. The summed E-state index contributed by atoms with van der Waals surface area (Å²) in [5, 5.41) is 10.0. The van der Waals surface area contributed by atoms with Gasteiger partial charge in [0.25, 0.3) is 5.91 Å². The molecule has 26 heavy (non-hydrogen) atoms. The van der Waals surface area contributed by atoms with Crippen LogP contribution < -0.4 is 14.8 Å². The number of benzene rings is 1. The molecule has 2 N–H and O–H groups in total. The Hall–Kier alpha value is -2.76. The Morgan fingerprint density at radius 3 is 2.92 bits per heavy atom. The predicted octanol–water partition coefficient (Wildman–Crippen LogP) is 3.47. The average molecular weight is 353 g/mol. The molecule has 1 aromatic heterocycles. The summed E-state index contributed by atoms with van der Waals surface area (Å²) in [6, 6.07) is 5.65. The first-order valence-electron chi connectivity index (χ1n) is 9.21. The second kappa shape index (κ2) is 7.64. The van der Waals surface area contributed by atoms with Crippen LogP contribution in [-0.2, 0) is 0 Å². The number of ether oxygens (including phenoxy) is 2. The van der Waals surface area contributed by atoms with Gasteiger partial charge in [0.05, 0.1) is 17.5 Å². The highest BCUT2D eigenvalue weighted by Gasteiger charge is 2.18. The summed E-state index contributed by atoms with van der Waals surface area (Å²) in [5.74, 6) is 1.31. The molecule has 2 aliphatic rings. The Morgan fingerprint density at radius 1 is 1.19 bits per heavy atom. The number of rotatable bonds is 5. The quantitative estimate of drug-likeness (QED) is 0.807. The first kappa shape index (κ1) is 16.7. The van der Waals surface area contributed by atoms with Gasteiger partial charge < -0.3 is 14.8 Å². The number of amides is 1. The van der Waals surface area contributed by atoms with E-state index in [4.69, 9.17) is 9.47 Å². The first-order chi connectivity index (χ1) is 12.8. The number of aromatic amines is 1. The Morgan fingerprint density at radius 2 is 2.08 bits per heavy atom. The first-order valence-corrected chi connectivity index (χ1v) is 9.21. The molecule has 6 nitrogen and oxygen atoms in total. The number of nitrogens with one attached hydrogen (secondary N) is 2. The third-order valence-electron chi connectivity index (χ3n) is 4.83. The van der Waals surface area contributed by atoms with Crippen LogP contribution >= 0.6 is 0 Å². The summed E-state index contributed by atoms with van der Waals surface area (Å²) in [6.45, 7) is 1.74. The van der Waals surface area contributed by atoms with Crippen molar-refractivity contribution in [2.75, 3.05) is 19.8 Å². The molecule has 136 valence electrons. The van der Waals surface area contributed by atoms with Gasteiger partial charge in [-0.2, -0.15) is 5.10 Å². The van der Waals surface area contributed by atoms with E-state index in [1.807, 2.05) is 18.2 Å². The third kappa shape index (κ3) is 3.59. The smallest absolute Gasteiger partial charge is 0.255 e. The van der Waals surface area contributed by atoms with Crippen molar-refractivity contribution in [2.45, 2.75) is 32.1 Å². The van der Waals surface area contributed by atoms with Crippen LogP contribution in [0.3, 0.4) is 0 Å². The number of H-pyrrole nitrogens is 1. The number of fused-ring (bicyclic) bond motifs is 1. The molecule has 0 fully saturated rings. The number of hydrogen-bond donors (Lipinski definition) is 2. The van der Waals surface area contributed by atoms with Crippen LogP contribution in [0.5, 0.6) is 11.5 Å². The summed E-state index contributed by atoms with van der Waals surface area (Å²) in [6.07, 6.45) is 9.67. The van der Waals surface area contributed by atoms with Gasteiger partial charge >= 0.3 is 0 Å². The maximum absolute atomic E-state index is 12.6. The molecule has 0 unspecified atom stereocenters. The minimum absolute atomic E-state index is 0.111. The van der Waals surface area contributed by atoms with Crippen LogP contribution in [0.2, 0.25) is 0 Å². The van der Waals surface area contributed by atoms with E-state index in [0.29, 0.717) is 36.8 Å². The van der Waals surface area contributed by atoms with E-state index in [0.717, 1.165) is 24.2 Å². The molecule has 0 saturated carbocycles. The zero-order valence-corrected chi connectivity index (χ0v) is 14.7. The van der Waals surface area contributed by atoms with E-state index < -0.39 is 0 Å². The van der Waals surface area contributed by atoms with Crippen LogP contribution in [0.4, 0.5) is 0 Å². The van der Waals surface area contributed by atoms with E-state index in [1.54, 1.807) is 6.20 Å². The van der Waals surface area contributed by atoms with Gasteiger partial charge in [-0.3, -0.25) is 9.89 Å². The van der Waals surface area contributed by atoms with Crippen molar-refractivity contribution >= 4 is 5.91 Å². The van der Waals surface area contributed by atoms with E-state index in [-0.39, 0.29) is 5.91 Å². The predicted molar refractivity (Wildman–Crippen MR) is 98.5 cm³/mol. The molecule has 6 heteroatoms. The van der Waals surface area contributed by atoms with Crippen LogP contribution in [0.1, 0.15) is 42.5 Å². The number of allylic oxidation sites excluding steroid dienone is 1. The fraction of sp³-hybridized carbons (Fsp3) is 0.400. The standard InChI is InChI=1S/C20H23N3O3/c24-20(21-9-8-14-4-2-1-3-5-14)16-13-22-23-19(16)15-6-7-17-18(12-15)26-11-10-25-17/h4,6-7,12-13H,1-3,5,8-11H2,(H,21,24)(H,22,23). The van der Waals surface area contributed by atoms with Crippen LogP contribution in [-0.4, -0.2) is 35.9 Å². The van der Waals surface area contributed by atoms with Gasteiger partial charge in [0.15, 0.2) is 11.5 Å². The normalized spacial score (nSPS) is 16.1. The molecule has 0 radical (unpaired) electrons. The maximum atomic E-state index is 12.6. The van der Waals surface area contributed by atoms with Crippen molar-refractivity contribution in [2.24, 2.45) is 0 Å². The number of aromatic nitrogens is 2. The number of hydrogen-bond acceptors (Lipinski definition) is 4. The fourth-order valence-electron chi connectivity index (χ4n) is 3.44. The Labute approximate surface area is 152 Å². The van der Waals surface area contributed by atoms with Crippen molar-refractivity contribution < 1.29 is 14.3 Å². The van der Waals surface area contributed by atoms with Gasteiger partial charge in [-0.25, -0.2) is 0 Å². The minimum atomic E-state index is -0.111. The molecule has 1 aromatic carbocycles. The SMILES string of the molecule is O=C(NCCC1=CCCCC1)c1cn[nH]c1-c1ccc2c(c1)OCCO2. The molecule has 1 aliphatic heterocycles. The second-order valence-corrected chi connectivity index (χ2v) is 6.63. The number of carbonyl (C=O) groups is 1.